The van der Waals surface area contributed by atoms with Gasteiger partial charge in [-0.15, -0.1) is 0 Å². The van der Waals surface area contributed by atoms with Crippen molar-refractivity contribution in [2.75, 3.05) is 20.8 Å². The lowest BCUT2D eigenvalue weighted by atomic mass is 9.91. The predicted octanol–water partition coefficient (Wildman–Crippen LogP) is 5.04. The molecule has 1 heterocycles. The number of halogens is 1. The fraction of sp³-hybridized carbons (Fsp3) is 0.160. The molecule has 0 aliphatic heterocycles. The van der Waals surface area contributed by atoms with E-state index in [-0.39, 0.29) is 18.2 Å². The van der Waals surface area contributed by atoms with Crippen LogP contribution in [0.3, 0.4) is 0 Å². The lowest BCUT2D eigenvalue weighted by Gasteiger charge is -2.19. The Morgan fingerprint density at radius 2 is 1.74 bits per heavy atom. The van der Waals surface area contributed by atoms with Gasteiger partial charge in [0, 0.05) is 24.0 Å². The zero-order valence-corrected chi connectivity index (χ0v) is 19.3. The summed E-state index contributed by atoms with van der Waals surface area (Å²) in [5, 5.41) is 0.639. The first-order valence-electron chi connectivity index (χ1n) is 10.4. The molecule has 0 bridgehead atoms. The third-order valence-corrected chi connectivity index (χ3v) is 5.82. The third-order valence-electron chi connectivity index (χ3n) is 5.41. The van der Waals surface area contributed by atoms with E-state index >= 15 is 4.39 Å². The summed E-state index contributed by atoms with van der Waals surface area (Å²) < 4.78 is 54.7. The average Bonchev–Trinajstić information content (AvgIpc) is 2.85. The normalized spacial score (nSPS) is 12.8. The topological polar surface area (TPSA) is 89.9 Å². The molecule has 0 saturated heterocycles. The molecular formula is C25H23FN2O5S. The van der Waals surface area contributed by atoms with Gasteiger partial charge in [-0.05, 0) is 41.5 Å². The van der Waals surface area contributed by atoms with Gasteiger partial charge in [0.1, 0.15) is 11.3 Å². The Labute approximate surface area is 198 Å². The van der Waals surface area contributed by atoms with Crippen LogP contribution < -0.4 is 18.9 Å². The maximum Gasteiger partial charge on any atom is 0.231 e. The van der Waals surface area contributed by atoms with E-state index in [0.29, 0.717) is 33.7 Å². The van der Waals surface area contributed by atoms with Crippen molar-refractivity contribution < 1.29 is 27.4 Å². The molecule has 2 atom stereocenters. The Balaban J connectivity index is 1.67. The number of rotatable bonds is 9. The molecule has 4 aromatic rings. The van der Waals surface area contributed by atoms with Gasteiger partial charge in [-0.3, -0.25) is 9.54 Å². The van der Waals surface area contributed by atoms with Crippen molar-refractivity contribution in [3.05, 3.63) is 89.9 Å². The predicted molar refractivity (Wildman–Crippen MR) is 128 cm³/mol. The zero-order valence-electron chi connectivity index (χ0n) is 18.5. The van der Waals surface area contributed by atoms with Crippen LogP contribution in [0, 0.1) is 5.82 Å². The SMILES string of the molecule is COc1ccc2c(Oc3ccc(C(CNS(=O)O)c4ccccc4)cc3F)ccnc2c1OC. The van der Waals surface area contributed by atoms with E-state index in [1.165, 1.54) is 20.3 Å². The fourth-order valence-electron chi connectivity index (χ4n) is 3.80. The number of benzene rings is 3. The summed E-state index contributed by atoms with van der Waals surface area (Å²) in [4.78, 5) is 4.36. The van der Waals surface area contributed by atoms with Gasteiger partial charge < -0.3 is 14.2 Å². The third kappa shape index (κ3) is 5.01. The van der Waals surface area contributed by atoms with Crippen LogP contribution in [0.2, 0.25) is 0 Å². The number of nitrogens with zero attached hydrogens (tertiary/aromatic N) is 1. The average molecular weight is 483 g/mol. The largest absolute Gasteiger partial charge is 0.493 e. The smallest absolute Gasteiger partial charge is 0.231 e. The number of fused-ring (bicyclic) bond motifs is 1. The van der Waals surface area contributed by atoms with Gasteiger partial charge in [-0.2, -0.15) is 0 Å². The van der Waals surface area contributed by atoms with Crippen molar-refractivity contribution >= 4 is 22.2 Å². The van der Waals surface area contributed by atoms with Crippen LogP contribution in [0.15, 0.2) is 72.9 Å². The number of aromatic nitrogens is 1. The van der Waals surface area contributed by atoms with E-state index in [9.17, 15) is 4.21 Å². The molecular weight excluding hydrogens is 459 g/mol. The number of methoxy groups -OCH3 is 2. The fourth-order valence-corrected chi connectivity index (χ4v) is 4.11. The summed E-state index contributed by atoms with van der Waals surface area (Å²) in [6.45, 7) is 0.156. The lowest BCUT2D eigenvalue weighted by molar-refractivity contribution is 0.358. The van der Waals surface area contributed by atoms with Gasteiger partial charge in [0.05, 0.1) is 14.2 Å². The summed E-state index contributed by atoms with van der Waals surface area (Å²) in [6, 6.07) is 19.2. The Hall–Kier alpha value is -3.53. The van der Waals surface area contributed by atoms with Crippen LogP contribution in [0.25, 0.3) is 10.9 Å². The van der Waals surface area contributed by atoms with E-state index in [0.717, 1.165) is 5.56 Å². The molecule has 3 aromatic carbocycles. The molecule has 2 N–H and O–H groups in total. The highest BCUT2D eigenvalue weighted by Crippen LogP contribution is 2.39. The molecule has 0 amide bonds. The van der Waals surface area contributed by atoms with Crippen LogP contribution in [0.5, 0.6) is 23.0 Å². The number of pyridine rings is 1. The number of ether oxygens (including phenoxy) is 3. The molecule has 0 radical (unpaired) electrons. The summed E-state index contributed by atoms with van der Waals surface area (Å²) in [6.07, 6.45) is 1.55. The van der Waals surface area contributed by atoms with Crippen molar-refractivity contribution in [1.82, 2.24) is 9.71 Å². The summed E-state index contributed by atoms with van der Waals surface area (Å²) >= 11 is -2.18. The van der Waals surface area contributed by atoms with Crippen molar-refractivity contribution in [3.8, 4) is 23.0 Å². The molecule has 1 aromatic heterocycles. The minimum Gasteiger partial charge on any atom is -0.493 e. The number of hydrogen-bond donors (Lipinski definition) is 2. The van der Waals surface area contributed by atoms with Gasteiger partial charge in [0.2, 0.25) is 11.3 Å². The molecule has 0 saturated carbocycles. The highest BCUT2D eigenvalue weighted by Gasteiger charge is 2.19. The monoisotopic (exact) mass is 482 g/mol. The maximum absolute atomic E-state index is 15.2. The molecule has 2 unspecified atom stereocenters. The molecule has 7 nitrogen and oxygen atoms in total. The summed E-state index contributed by atoms with van der Waals surface area (Å²) in [5.74, 6) is 0.541. The Morgan fingerprint density at radius 1 is 0.971 bits per heavy atom. The molecule has 9 heteroatoms. The molecule has 0 fully saturated rings. The Bertz CT molecular complexity index is 1320. The lowest BCUT2D eigenvalue weighted by Crippen LogP contribution is -2.24. The van der Waals surface area contributed by atoms with Crippen LogP contribution >= 0.6 is 0 Å². The summed E-state index contributed by atoms with van der Waals surface area (Å²) in [5.41, 5.74) is 2.05. The minimum atomic E-state index is -2.18. The second-order valence-corrected chi connectivity index (χ2v) is 8.15. The first-order chi connectivity index (χ1) is 16.5. The van der Waals surface area contributed by atoms with E-state index in [1.807, 2.05) is 30.3 Å². The van der Waals surface area contributed by atoms with Gasteiger partial charge >= 0.3 is 0 Å². The summed E-state index contributed by atoms with van der Waals surface area (Å²) in [7, 11) is 3.06. The Morgan fingerprint density at radius 3 is 2.41 bits per heavy atom. The molecule has 0 aliphatic rings. The van der Waals surface area contributed by atoms with E-state index in [2.05, 4.69) is 9.71 Å². The molecule has 34 heavy (non-hydrogen) atoms. The molecule has 176 valence electrons. The van der Waals surface area contributed by atoms with Crippen molar-refractivity contribution in [1.29, 1.82) is 0 Å². The highest BCUT2D eigenvalue weighted by molar-refractivity contribution is 7.77. The second kappa shape index (κ2) is 10.6. The maximum atomic E-state index is 15.2. The highest BCUT2D eigenvalue weighted by atomic mass is 32.2. The first kappa shape index (κ1) is 23.6. The standard InChI is InChI=1S/C25H23FN2O5S/c1-31-23-11-9-18-21(12-13-27-24(18)25(23)32-2)33-22-10-8-17(14-20(22)26)19(15-28-34(29)30)16-6-4-3-5-7-16/h3-14,19,28H,15H2,1-2H3,(H,29,30). The zero-order chi connectivity index (χ0) is 24.1. The molecule has 0 spiro atoms. The van der Waals surface area contributed by atoms with Crippen LogP contribution in [-0.4, -0.2) is 34.5 Å². The molecule has 4 rings (SSSR count). The van der Waals surface area contributed by atoms with Crippen molar-refractivity contribution in [2.45, 2.75) is 5.92 Å². The first-order valence-corrected chi connectivity index (χ1v) is 11.5. The molecule has 0 aliphatic carbocycles. The van der Waals surface area contributed by atoms with Crippen molar-refractivity contribution in [2.24, 2.45) is 0 Å². The van der Waals surface area contributed by atoms with E-state index < -0.39 is 17.1 Å². The van der Waals surface area contributed by atoms with Crippen LogP contribution in [0.1, 0.15) is 17.0 Å². The van der Waals surface area contributed by atoms with Gasteiger partial charge in [0.25, 0.3) is 0 Å². The van der Waals surface area contributed by atoms with Gasteiger partial charge in [0.15, 0.2) is 23.1 Å². The second-order valence-electron chi connectivity index (χ2n) is 7.36. The van der Waals surface area contributed by atoms with Crippen LogP contribution in [-0.2, 0) is 11.3 Å². The van der Waals surface area contributed by atoms with E-state index in [4.69, 9.17) is 18.8 Å². The minimum absolute atomic E-state index is 0.0385. The van der Waals surface area contributed by atoms with Crippen LogP contribution in [0.4, 0.5) is 4.39 Å². The van der Waals surface area contributed by atoms with Gasteiger partial charge in [-0.1, -0.05) is 36.4 Å². The number of nitrogens with one attached hydrogen (secondary N) is 1. The van der Waals surface area contributed by atoms with E-state index in [1.54, 1.807) is 36.5 Å². The Kier molecular flexibility index (Phi) is 7.36. The van der Waals surface area contributed by atoms with Crippen molar-refractivity contribution in [3.63, 3.8) is 0 Å². The number of hydrogen-bond acceptors (Lipinski definition) is 5. The quantitative estimate of drug-likeness (QED) is 0.325. The van der Waals surface area contributed by atoms with Gasteiger partial charge in [-0.25, -0.2) is 13.3 Å².